The van der Waals surface area contributed by atoms with Gasteiger partial charge in [0.2, 0.25) is 0 Å². The van der Waals surface area contributed by atoms with Crippen molar-refractivity contribution in [1.82, 2.24) is 4.98 Å². The first-order valence-corrected chi connectivity index (χ1v) is 4.19. The van der Waals surface area contributed by atoms with Crippen molar-refractivity contribution < 1.29 is 0 Å². The Morgan fingerprint density at radius 1 is 1.50 bits per heavy atom. The number of aryl methyl sites for hydroxylation is 1. The molecule has 1 heterocycles. The number of rotatable bonds is 3. The normalized spacial score (nSPS) is 8.75. The third-order valence-corrected chi connectivity index (χ3v) is 1.56. The maximum absolute atomic E-state index is 4.22. The molecule has 12 heavy (non-hydrogen) atoms. The fourth-order valence-electron chi connectivity index (χ4n) is 0.967. The molecule has 1 heteroatoms. The van der Waals surface area contributed by atoms with Gasteiger partial charge in [0, 0.05) is 11.9 Å². The Labute approximate surface area is 73.5 Å². The summed E-state index contributed by atoms with van der Waals surface area (Å²) < 4.78 is 0. The summed E-state index contributed by atoms with van der Waals surface area (Å²) in [5.74, 6) is 0. The van der Waals surface area contributed by atoms with Crippen LogP contribution in [-0.4, -0.2) is 4.98 Å². The first-order valence-electron chi connectivity index (χ1n) is 4.19. The quantitative estimate of drug-likeness (QED) is 0.618. The summed E-state index contributed by atoms with van der Waals surface area (Å²) in [5.41, 5.74) is 4.19. The Kier molecular flexibility index (Phi) is 3.90. The molecule has 0 fully saturated rings. The number of aromatic nitrogens is 1. The molecule has 1 rings (SSSR count). The second-order valence-corrected chi connectivity index (χ2v) is 2.52. The molecule has 0 amide bonds. The van der Waals surface area contributed by atoms with Crippen molar-refractivity contribution in [3.63, 3.8) is 0 Å². The average molecular weight is 159 g/mol. The summed E-state index contributed by atoms with van der Waals surface area (Å²) in [4.78, 5) is 4.22. The molecule has 0 N–H and O–H groups in total. The van der Waals surface area contributed by atoms with Crippen molar-refractivity contribution >= 4 is 0 Å². The summed E-state index contributed by atoms with van der Waals surface area (Å²) in [7, 11) is 0. The Bertz CT molecular complexity index is 268. The Morgan fingerprint density at radius 2 is 2.42 bits per heavy atom. The van der Waals surface area contributed by atoms with E-state index in [0.29, 0.717) is 0 Å². The average Bonchev–Trinajstić information content (AvgIpc) is 2.14. The maximum atomic E-state index is 4.22. The predicted molar refractivity (Wildman–Crippen MR) is 50.9 cm³/mol. The van der Waals surface area contributed by atoms with Crippen LogP contribution >= 0.6 is 0 Å². The number of hydrogen-bond donors (Lipinski definition) is 0. The zero-order chi connectivity index (χ0) is 8.65. The van der Waals surface area contributed by atoms with Gasteiger partial charge < -0.3 is 0 Å². The van der Waals surface area contributed by atoms with E-state index in [1.54, 1.807) is 0 Å². The highest BCUT2D eigenvalue weighted by Gasteiger charge is 1.88. The van der Waals surface area contributed by atoms with Crippen LogP contribution in [0.15, 0.2) is 42.3 Å². The lowest BCUT2D eigenvalue weighted by molar-refractivity contribution is 0.944. The molecule has 0 aliphatic carbocycles. The lowest BCUT2D eigenvalue weighted by atomic mass is 10.2. The van der Waals surface area contributed by atoms with Gasteiger partial charge in [-0.2, -0.15) is 0 Å². The molecular formula is C11H13N. The minimum absolute atomic E-state index is 1.00. The highest BCUT2D eigenvalue weighted by molar-refractivity contribution is 5.04. The van der Waals surface area contributed by atoms with Gasteiger partial charge in [-0.15, -0.1) is 5.73 Å². The summed E-state index contributed by atoms with van der Waals surface area (Å²) in [6, 6.07) is 6.00. The fourth-order valence-corrected chi connectivity index (χ4v) is 0.967. The molecule has 0 aromatic carbocycles. The van der Waals surface area contributed by atoms with Crippen LogP contribution in [0.2, 0.25) is 0 Å². The minimum atomic E-state index is 1.00. The Morgan fingerprint density at radius 3 is 3.08 bits per heavy atom. The molecular weight excluding hydrogens is 146 g/mol. The van der Waals surface area contributed by atoms with E-state index >= 15 is 0 Å². The van der Waals surface area contributed by atoms with Crippen LogP contribution in [0.5, 0.6) is 0 Å². The Balaban J connectivity index is 2.39. The molecule has 0 saturated heterocycles. The third-order valence-electron chi connectivity index (χ3n) is 1.56. The fraction of sp³-hybridized carbons (Fsp3) is 0.273. The molecule has 0 atom stereocenters. The van der Waals surface area contributed by atoms with Crippen LogP contribution in [0.4, 0.5) is 0 Å². The smallest absolute Gasteiger partial charge is 0.0406 e. The lowest BCUT2D eigenvalue weighted by Crippen LogP contribution is -1.85. The van der Waals surface area contributed by atoms with Gasteiger partial charge in [-0.1, -0.05) is 6.07 Å². The van der Waals surface area contributed by atoms with Gasteiger partial charge in [0.15, 0.2) is 0 Å². The second kappa shape index (κ2) is 5.34. The van der Waals surface area contributed by atoms with E-state index in [9.17, 15) is 0 Å². The van der Waals surface area contributed by atoms with E-state index in [4.69, 9.17) is 0 Å². The van der Waals surface area contributed by atoms with E-state index < -0.39 is 0 Å². The minimum Gasteiger partial charge on any atom is -0.261 e. The standard InChI is InChI=1S/C11H13N/c1-2-3-4-5-8-11-9-6-7-10-12-11/h2,4,6-7,9-10H,5,8H2,1H3. The van der Waals surface area contributed by atoms with Gasteiger partial charge in [0.1, 0.15) is 0 Å². The summed E-state index contributed by atoms with van der Waals surface area (Å²) in [6.45, 7) is 1.97. The van der Waals surface area contributed by atoms with E-state index in [2.05, 4.69) is 10.7 Å². The zero-order valence-corrected chi connectivity index (χ0v) is 7.33. The summed E-state index contributed by atoms with van der Waals surface area (Å²) in [5, 5.41) is 0. The largest absolute Gasteiger partial charge is 0.261 e. The molecule has 0 saturated carbocycles. The van der Waals surface area contributed by atoms with Crippen molar-refractivity contribution in [2.45, 2.75) is 19.8 Å². The molecule has 1 nitrogen and oxygen atoms in total. The van der Waals surface area contributed by atoms with E-state index in [1.165, 1.54) is 0 Å². The Hall–Kier alpha value is -1.33. The summed E-state index contributed by atoms with van der Waals surface area (Å²) >= 11 is 0. The maximum Gasteiger partial charge on any atom is 0.0406 e. The van der Waals surface area contributed by atoms with Gasteiger partial charge in [-0.05, 0) is 44.1 Å². The third kappa shape index (κ3) is 3.18. The van der Waals surface area contributed by atoms with Crippen molar-refractivity contribution in [1.29, 1.82) is 0 Å². The van der Waals surface area contributed by atoms with Gasteiger partial charge in [0.25, 0.3) is 0 Å². The van der Waals surface area contributed by atoms with E-state index in [1.807, 2.05) is 43.5 Å². The zero-order valence-electron chi connectivity index (χ0n) is 7.33. The molecule has 0 aliphatic rings. The SMILES string of the molecule is CC=C=CCCc1ccccn1. The summed E-state index contributed by atoms with van der Waals surface area (Å²) in [6.07, 6.45) is 7.80. The van der Waals surface area contributed by atoms with Crippen molar-refractivity contribution in [3.8, 4) is 0 Å². The lowest BCUT2D eigenvalue weighted by Gasteiger charge is -1.93. The predicted octanol–water partition coefficient (Wildman–Crippen LogP) is 2.75. The highest BCUT2D eigenvalue weighted by atomic mass is 14.7. The molecule has 1 aromatic rings. The number of allylic oxidation sites excluding steroid dienone is 1. The second-order valence-electron chi connectivity index (χ2n) is 2.52. The molecule has 0 radical (unpaired) electrons. The van der Waals surface area contributed by atoms with Gasteiger partial charge in [-0.25, -0.2) is 0 Å². The van der Waals surface area contributed by atoms with Crippen LogP contribution in [0.3, 0.4) is 0 Å². The van der Waals surface area contributed by atoms with Gasteiger partial charge in [-0.3, -0.25) is 4.98 Å². The van der Waals surface area contributed by atoms with Crippen LogP contribution in [0.1, 0.15) is 19.0 Å². The van der Waals surface area contributed by atoms with E-state index in [0.717, 1.165) is 18.5 Å². The van der Waals surface area contributed by atoms with Gasteiger partial charge >= 0.3 is 0 Å². The monoisotopic (exact) mass is 159 g/mol. The van der Waals surface area contributed by atoms with Crippen molar-refractivity contribution in [2.75, 3.05) is 0 Å². The van der Waals surface area contributed by atoms with E-state index in [-0.39, 0.29) is 0 Å². The van der Waals surface area contributed by atoms with Crippen molar-refractivity contribution in [3.05, 3.63) is 48.0 Å². The van der Waals surface area contributed by atoms with Crippen molar-refractivity contribution in [2.24, 2.45) is 0 Å². The number of pyridine rings is 1. The first kappa shape index (κ1) is 8.76. The first-order chi connectivity index (χ1) is 5.93. The van der Waals surface area contributed by atoms with Crippen LogP contribution in [-0.2, 0) is 6.42 Å². The van der Waals surface area contributed by atoms with Crippen LogP contribution in [0.25, 0.3) is 0 Å². The molecule has 0 unspecified atom stereocenters. The number of hydrogen-bond acceptors (Lipinski definition) is 1. The number of nitrogens with zero attached hydrogens (tertiary/aromatic N) is 1. The van der Waals surface area contributed by atoms with Crippen LogP contribution in [0, 0.1) is 0 Å². The topological polar surface area (TPSA) is 12.9 Å². The molecule has 1 aromatic heterocycles. The molecule has 62 valence electrons. The molecule has 0 bridgehead atoms. The van der Waals surface area contributed by atoms with Crippen LogP contribution < -0.4 is 0 Å². The molecule has 0 aliphatic heterocycles. The van der Waals surface area contributed by atoms with Gasteiger partial charge in [0.05, 0.1) is 0 Å². The highest BCUT2D eigenvalue weighted by Crippen LogP contribution is 1.97. The molecule has 0 spiro atoms.